The monoisotopic (exact) mass is 114 g/mol. The molecule has 0 fully saturated rings. The van der Waals surface area contributed by atoms with E-state index in [0.29, 0.717) is 4.78 Å². The van der Waals surface area contributed by atoms with Crippen molar-refractivity contribution in [2.24, 2.45) is 0 Å². The molecule has 1 radical (unpaired) electrons. The Hall–Kier alpha value is 0.462. The molecule has 0 amide bonds. The van der Waals surface area contributed by atoms with Crippen LogP contribution in [0.4, 0.5) is 4.70 Å². The van der Waals surface area contributed by atoms with Crippen molar-refractivity contribution < 1.29 is 21.0 Å². The van der Waals surface area contributed by atoms with E-state index in [1.807, 2.05) is 0 Å². The van der Waals surface area contributed by atoms with Gasteiger partial charge in [-0.15, -0.1) is 0 Å². The molecule has 0 aromatic rings. The van der Waals surface area contributed by atoms with Gasteiger partial charge in [0.1, 0.15) is 0 Å². The summed E-state index contributed by atoms with van der Waals surface area (Å²) in [5.41, 5.74) is 0. The van der Waals surface area contributed by atoms with Gasteiger partial charge in [-0.05, 0) is 0 Å². The van der Waals surface area contributed by atoms with Gasteiger partial charge < -0.3 is 0 Å². The fraction of sp³-hybridized carbons (Fsp3) is 1.00. The van der Waals surface area contributed by atoms with E-state index in [0.717, 1.165) is 0 Å². The van der Waals surface area contributed by atoms with Crippen LogP contribution in [0.25, 0.3) is 0 Å². The predicted octanol–water partition coefficient (Wildman–Crippen LogP) is 1.78. The number of hydrogen-bond donors (Lipinski definition) is 0. The van der Waals surface area contributed by atoms with E-state index in [9.17, 15) is 0 Å². The minimum absolute atomic E-state index is 0. The maximum absolute atomic E-state index is 2.90. The van der Waals surface area contributed by atoms with Gasteiger partial charge in [0, 0.05) is 4.70 Å². The molecule has 5 heavy (non-hydrogen) atoms. The molecule has 0 spiro atoms. The van der Waals surface area contributed by atoms with Crippen molar-refractivity contribution in [1.82, 2.24) is 0 Å². The van der Waals surface area contributed by atoms with Crippen molar-refractivity contribution in [3.63, 3.8) is 0 Å². The van der Waals surface area contributed by atoms with E-state index < -0.39 is 0 Å². The van der Waals surface area contributed by atoms with Crippen LogP contribution < -0.4 is 0 Å². The Kier molecular flexibility index (Phi) is 8.10. The van der Waals surface area contributed by atoms with Crippen LogP contribution in [-0.4, -0.2) is 0 Å². The van der Waals surface area contributed by atoms with Crippen molar-refractivity contribution in [2.75, 3.05) is 0 Å². The average Bonchev–Trinajstić information content (AvgIpc) is 0.811. The first-order valence-electron chi connectivity index (χ1n) is 1.39. The summed E-state index contributed by atoms with van der Waals surface area (Å²) in [7, 11) is 0. The summed E-state index contributed by atoms with van der Waals surface area (Å²) in [6, 6.07) is 0. The average molecular weight is 114 g/mol. The van der Waals surface area contributed by atoms with Crippen molar-refractivity contribution in [3.05, 3.63) is 0 Å². The smallest absolute Gasteiger partial charge is 0 e. The van der Waals surface area contributed by atoms with Crippen LogP contribution in [0, 0.1) is 0 Å². The molecule has 32 valence electrons. The molecule has 0 aliphatic rings. The van der Waals surface area contributed by atoms with Crippen molar-refractivity contribution in [1.29, 1.82) is 0 Å². The molecule has 0 bridgehead atoms. The summed E-state index contributed by atoms with van der Waals surface area (Å²) in [5, 5.41) is 0. The second kappa shape index (κ2) is 4.46. The van der Waals surface area contributed by atoms with Crippen LogP contribution in [0.1, 0.15) is 13.8 Å². The van der Waals surface area contributed by atoms with Gasteiger partial charge in [0.15, 0.2) is 0 Å². The first kappa shape index (κ1) is 9.07. The van der Waals surface area contributed by atoms with Crippen LogP contribution in [0.3, 0.4) is 0 Å². The number of halogens is 1. The fourth-order valence-corrected chi connectivity index (χ4v) is 0. The molecule has 0 aromatic carbocycles. The van der Waals surface area contributed by atoms with E-state index in [2.05, 4.69) is 30.1 Å². The van der Waals surface area contributed by atoms with E-state index >= 15 is 0 Å². The second-order valence-electron chi connectivity index (χ2n) is 1.05. The van der Waals surface area contributed by atoms with E-state index in [-0.39, 0.29) is 4.70 Å². The summed E-state index contributed by atoms with van der Waals surface area (Å²) in [4.78, 5) is 0. The van der Waals surface area contributed by atoms with Crippen LogP contribution in [0.2, 0.25) is 4.78 Å². The molecule has 0 unspecified atom stereocenters. The quantitative estimate of drug-likeness (QED) is 0.450. The van der Waals surface area contributed by atoms with Gasteiger partial charge in [0.25, 0.3) is 0 Å². The Labute approximate surface area is 40.4 Å². The normalized spacial score (nSPS) is 7.00. The van der Waals surface area contributed by atoms with Crippen molar-refractivity contribution in [2.45, 2.75) is 18.6 Å². The Balaban J connectivity index is 0. The van der Waals surface area contributed by atoms with Gasteiger partial charge >= 0.3 is 34.9 Å². The Bertz CT molecular complexity index is 11.6. The second-order valence-corrected chi connectivity index (χ2v) is 2.52. The Morgan fingerprint density at radius 3 is 1.40 bits per heavy atom. The summed E-state index contributed by atoms with van der Waals surface area (Å²) >= 11 is 2.90. The minimum Gasteiger partial charge on any atom is 0 e. The molecular weight excluding hydrogens is 107 g/mol. The molecule has 0 aromatic heterocycles. The molecule has 0 aliphatic carbocycles. The van der Waals surface area contributed by atoms with Gasteiger partial charge in [-0.1, -0.05) is 0 Å². The molecule has 0 N–H and O–H groups in total. The van der Waals surface area contributed by atoms with Crippen molar-refractivity contribution >= 4 is 0 Å². The SMILES string of the molecule is C[CH](C)[Cr].[F]. The van der Waals surface area contributed by atoms with Gasteiger partial charge in [-0.3, -0.25) is 0 Å². The summed E-state index contributed by atoms with van der Waals surface area (Å²) < 4.78 is 0.708. The van der Waals surface area contributed by atoms with E-state index in [1.54, 1.807) is 0 Å². The zero-order valence-corrected chi connectivity index (χ0v) is 4.64. The zero-order valence-electron chi connectivity index (χ0n) is 3.36. The van der Waals surface area contributed by atoms with E-state index in [1.165, 1.54) is 0 Å². The molecule has 0 aliphatic heterocycles. The maximum Gasteiger partial charge on any atom is 0 e. The molecular formula is C3H7CrF. The third-order valence-corrected chi connectivity index (χ3v) is 0. The minimum atomic E-state index is 0. The standard InChI is InChI=1S/C3H7.Cr.F/c1-3-2;;/h3H,1-2H3;;. The Morgan fingerprint density at radius 2 is 1.40 bits per heavy atom. The zero-order chi connectivity index (χ0) is 3.58. The third-order valence-electron chi connectivity index (χ3n) is 0. The third kappa shape index (κ3) is 127. The summed E-state index contributed by atoms with van der Waals surface area (Å²) in [6.45, 7) is 4.22. The van der Waals surface area contributed by atoms with Gasteiger partial charge in [0.2, 0.25) is 0 Å². The summed E-state index contributed by atoms with van der Waals surface area (Å²) in [6.07, 6.45) is 0. The maximum atomic E-state index is 2.90. The van der Waals surface area contributed by atoms with Crippen LogP contribution in [0.15, 0.2) is 0 Å². The summed E-state index contributed by atoms with van der Waals surface area (Å²) in [5.74, 6) is 0. The van der Waals surface area contributed by atoms with E-state index in [4.69, 9.17) is 0 Å². The fourth-order valence-electron chi connectivity index (χ4n) is 0. The largest absolute Gasteiger partial charge is 0 e. The first-order chi connectivity index (χ1) is 1.73. The van der Waals surface area contributed by atoms with Crippen LogP contribution in [0.5, 0.6) is 0 Å². The number of rotatable bonds is 0. The van der Waals surface area contributed by atoms with Crippen molar-refractivity contribution in [3.8, 4) is 0 Å². The van der Waals surface area contributed by atoms with Crippen LogP contribution >= 0.6 is 0 Å². The molecule has 0 saturated heterocycles. The number of hydrogen-bond acceptors (Lipinski definition) is 0. The first-order valence-corrected chi connectivity index (χ1v) is 2.13. The Morgan fingerprint density at radius 1 is 1.40 bits per heavy atom. The molecule has 0 heterocycles. The van der Waals surface area contributed by atoms with Gasteiger partial charge in [-0.2, -0.15) is 0 Å². The molecule has 2 heteroatoms. The topological polar surface area (TPSA) is 0 Å². The molecule has 0 atom stereocenters. The molecule has 0 rings (SSSR count). The molecule has 0 saturated carbocycles. The van der Waals surface area contributed by atoms with Gasteiger partial charge in [-0.25, -0.2) is 0 Å². The van der Waals surface area contributed by atoms with Gasteiger partial charge in [0.05, 0.1) is 0 Å². The predicted molar refractivity (Wildman–Crippen MR) is 16.2 cm³/mol. The molecule has 0 nitrogen and oxygen atoms in total. The van der Waals surface area contributed by atoms with Crippen LogP contribution in [-0.2, 0) is 16.3 Å².